The first-order valence-electron chi connectivity index (χ1n) is 4.00. The summed E-state index contributed by atoms with van der Waals surface area (Å²) in [6.45, 7) is 5.22. The minimum Gasteiger partial charge on any atom is -0.460 e. The average molecular weight is 208 g/mol. The number of hydrogen-bond acceptors (Lipinski definition) is 4. The zero-order valence-electron chi connectivity index (χ0n) is 8.46. The van der Waals surface area contributed by atoms with Gasteiger partial charge in [0.05, 0.1) is 12.2 Å². The van der Waals surface area contributed by atoms with Crippen LogP contribution in [0.4, 0.5) is 0 Å². The Hall–Kier alpha value is -0.580. The van der Waals surface area contributed by atoms with E-state index in [2.05, 4.69) is 0 Å². The fraction of sp³-hybridized carbons (Fsp3) is 0.875. The summed E-state index contributed by atoms with van der Waals surface area (Å²) in [5.74, 6) is -0.625. The lowest BCUT2D eigenvalue weighted by molar-refractivity contribution is -0.154. The highest BCUT2D eigenvalue weighted by molar-refractivity contribution is 7.90. The maximum absolute atomic E-state index is 11.0. The normalized spacial score (nSPS) is 12.6. The van der Waals surface area contributed by atoms with Crippen molar-refractivity contribution in [2.75, 3.05) is 12.0 Å². The van der Waals surface area contributed by atoms with Crippen molar-refractivity contribution in [2.45, 2.75) is 32.8 Å². The largest absolute Gasteiger partial charge is 0.460 e. The summed E-state index contributed by atoms with van der Waals surface area (Å²) in [7, 11) is -3.08. The second kappa shape index (κ2) is 4.09. The van der Waals surface area contributed by atoms with Crippen LogP contribution in [0, 0.1) is 0 Å². The first kappa shape index (κ1) is 12.4. The maximum atomic E-state index is 11.0. The van der Waals surface area contributed by atoms with Crippen molar-refractivity contribution in [3.8, 4) is 0 Å². The lowest BCUT2D eigenvalue weighted by Crippen LogP contribution is -2.25. The Morgan fingerprint density at radius 3 is 2.08 bits per heavy atom. The number of esters is 1. The van der Waals surface area contributed by atoms with Crippen LogP contribution in [-0.2, 0) is 19.4 Å². The molecule has 0 aliphatic heterocycles. The van der Waals surface area contributed by atoms with Gasteiger partial charge < -0.3 is 4.74 Å². The lowest BCUT2D eigenvalue weighted by Gasteiger charge is -2.19. The molecule has 0 heterocycles. The Labute approximate surface area is 79.2 Å². The van der Waals surface area contributed by atoms with E-state index in [4.69, 9.17) is 4.74 Å². The number of sulfone groups is 1. The van der Waals surface area contributed by atoms with Gasteiger partial charge in [-0.15, -0.1) is 0 Å². The van der Waals surface area contributed by atoms with Crippen molar-refractivity contribution < 1.29 is 17.9 Å². The van der Waals surface area contributed by atoms with Gasteiger partial charge in [0.1, 0.15) is 15.4 Å². The topological polar surface area (TPSA) is 60.4 Å². The molecule has 78 valence electrons. The number of carbonyl (C=O) groups excluding carboxylic acids is 1. The summed E-state index contributed by atoms with van der Waals surface area (Å²) < 4.78 is 26.3. The molecule has 0 N–H and O–H groups in total. The van der Waals surface area contributed by atoms with Crippen LogP contribution < -0.4 is 0 Å². The predicted octanol–water partition coefficient (Wildman–Crippen LogP) is 0.763. The van der Waals surface area contributed by atoms with Crippen LogP contribution in [-0.4, -0.2) is 32.0 Å². The van der Waals surface area contributed by atoms with Gasteiger partial charge in [-0.05, 0) is 20.8 Å². The highest BCUT2D eigenvalue weighted by Gasteiger charge is 2.17. The quantitative estimate of drug-likeness (QED) is 0.642. The van der Waals surface area contributed by atoms with Crippen LogP contribution in [0.1, 0.15) is 27.2 Å². The summed E-state index contributed by atoms with van der Waals surface area (Å²) in [5, 5.41) is 0. The van der Waals surface area contributed by atoms with Crippen LogP contribution in [0.15, 0.2) is 0 Å². The lowest BCUT2D eigenvalue weighted by atomic mass is 10.2. The molecule has 0 bridgehead atoms. The minimum absolute atomic E-state index is 0.0733. The molecule has 0 rings (SSSR count). The summed E-state index contributed by atoms with van der Waals surface area (Å²) in [6.07, 6.45) is 1.02. The highest BCUT2D eigenvalue weighted by atomic mass is 32.2. The Balaban J connectivity index is 3.92. The van der Waals surface area contributed by atoms with Crippen LogP contribution in [0.5, 0.6) is 0 Å². The van der Waals surface area contributed by atoms with Gasteiger partial charge in [-0.25, -0.2) is 8.42 Å². The van der Waals surface area contributed by atoms with Gasteiger partial charge >= 0.3 is 5.97 Å². The molecule has 0 aromatic rings. The third-order valence-electron chi connectivity index (χ3n) is 1.10. The molecule has 0 aromatic carbocycles. The van der Waals surface area contributed by atoms with Gasteiger partial charge in [0.15, 0.2) is 0 Å². The fourth-order valence-corrected chi connectivity index (χ4v) is 1.20. The summed E-state index contributed by atoms with van der Waals surface area (Å²) in [6, 6.07) is 0. The monoisotopic (exact) mass is 208 g/mol. The molecule has 0 saturated carbocycles. The van der Waals surface area contributed by atoms with Crippen LogP contribution >= 0.6 is 0 Å². The first-order chi connectivity index (χ1) is 5.60. The molecule has 0 aliphatic carbocycles. The molecule has 0 atom stereocenters. The smallest absolute Gasteiger partial charge is 0.307 e. The molecule has 0 spiro atoms. The number of ether oxygens (including phenoxy) is 1. The molecular weight excluding hydrogens is 192 g/mol. The first-order valence-corrected chi connectivity index (χ1v) is 6.06. The summed E-state index contributed by atoms with van der Waals surface area (Å²) in [4.78, 5) is 11.0. The summed E-state index contributed by atoms with van der Waals surface area (Å²) >= 11 is 0. The SMILES string of the molecule is CC(C)(C)OC(=O)CCS(C)(=O)=O. The Morgan fingerprint density at radius 2 is 1.77 bits per heavy atom. The van der Waals surface area contributed by atoms with E-state index >= 15 is 0 Å². The Kier molecular flexibility index (Phi) is 3.90. The standard InChI is InChI=1S/C8H16O4S/c1-8(2,3)12-7(9)5-6-13(4,10)11/h5-6H2,1-4H3. The van der Waals surface area contributed by atoms with E-state index in [0.29, 0.717) is 0 Å². The molecular formula is C8H16O4S. The number of rotatable bonds is 3. The van der Waals surface area contributed by atoms with Gasteiger partial charge in [-0.1, -0.05) is 0 Å². The van der Waals surface area contributed by atoms with Crippen molar-refractivity contribution in [3.63, 3.8) is 0 Å². The highest BCUT2D eigenvalue weighted by Crippen LogP contribution is 2.08. The molecule has 0 aromatic heterocycles. The van der Waals surface area contributed by atoms with Crippen molar-refractivity contribution in [2.24, 2.45) is 0 Å². The van der Waals surface area contributed by atoms with E-state index in [1.165, 1.54) is 0 Å². The second-order valence-corrected chi connectivity index (χ2v) is 6.23. The predicted molar refractivity (Wildman–Crippen MR) is 50.2 cm³/mol. The minimum atomic E-state index is -3.08. The molecule has 0 radical (unpaired) electrons. The molecule has 0 amide bonds. The molecule has 0 unspecified atom stereocenters. The van der Waals surface area contributed by atoms with Gasteiger partial charge in [-0.3, -0.25) is 4.79 Å². The molecule has 0 aliphatic rings. The van der Waals surface area contributed by atoms with Gasteiger partial charge in [0, 0.05) is 6.26 Å². The molecule has 13 heavy (non-hydrogen) atoms. The zero-order chi connectivity index (χ0) is 10.7. The van der Waals surface area contributed by atoms with E-state index in [0.717, 1.165) is 6.26 Å². The van der Waals surface area contributed by atoms with Crippen LogP contribution in [0.2, 0.25) is 0 Å². The maximum Gasteiger partial charge on any atom is 0.307 e. The second-order valence-electron chi connectivity index (χ2n) is 3.97. The van der Waals surface area contributed by atoms with E-state index in [-0.39, 0.29) is 12.2 Å². The van der Waals surface area contributed by atoms with Gasteiger partial charge in [-0.2, -0.15) is 0 Å². The molecule has 5 heteroatoms. The Morgan fingerprint density at radius 1 is 1.31 bits per heavy atom. The van der Waals surface area contributed by atoms with Crippen molar-refractivity contribution >= 4 is 15.8 Å². The van der Waals surface area contributed by atoms with Crippen molar-refractivity contribution in [1.82, 2.24) is 0 Å². The van der Waals surface area contributed by atoms with Gasteiger partial charge in [0.2, 0.25) is 0 Å². The number of carbonyl (C=O) groups is 1. The van der Waals surface area contributed by atoms with E-state index < -0.39 is 21.4 Å². The van der Waals surface area contributed by atoms with Crippen molar-refractivity contribution in [3.05, 3.63) is 0 Å². The third kappa shape index (κ3) is 9.33. The van der Waals surface area contributed by atoms with E-state index in [1.54, 1.807) is 20.8 Å². The number of hydrogen-bond donors (Lipinski definition) is 0. The fourth-order valence-electron chi connectivity index (χ4n) is 0.661. The van der Waals surface area contributed by atoms with Crippen LogP contribution in [0.3, 0.4) is 0 Å². The molecule has 0 fully saturated rings. The Bertz CT molecular complexity index is 271. The van der Waals surface area contributed by atoms with Crippen molar-refractivity contribution in [1.29, 1.82) is 0 Å². The molecule has 0 saturated heterocycles. The van der Waals surface area contributed by atoms with Gasteiger partial charge in [0.25, 0.3) is 0 Å². The van der Waals surface area contributed by atoms with E-state index in [1.807, 2.05) is 0 Å². The molecule has 4 nitrogen and oxygen atoms in total. The van der Waals surface area contributed by atoms with Crippen LogP contribution in [0.25, 0.3) is 0 Å². The average Bonchev–Trinajstić information content (AvgIpc) is 1.78. The summed E-state index contributed by atoms with van der Waals surface area (Å²) in [5.41, 5.74) is -0.547. The van der Waals surface area contributed by atoms with E-state index in [9.17, 15) is 13.2 Å². The third-order valence-corrected chi connectivity index (χ3v) is 2.04. The zero-order valence-corrected chi connectivity index (χ0v) is 9.27.